The lowest BCUT2D eigenvalue weighted by Gasteiger charge is -2.35. The molecule has 0 saturated carbocycles. The zero-order valence-corrected chi connectivity index (χ0v) is 14.9. The Morgan fingerprint density at radius 2 is 1.72 bits per heavy atom. The number of hydrogen-bond acceptors (Lipinski definition) is 2. The van der Waals surface area contributed by atoms with E-state index in [-0.39, 0.29) is 16.5 Å². The molecular weight excluding hydrogens is 339 g/mol. The van der Waals surface area contributed by atoms with Crippen LogP contribution in [0.5, 0.6) is 0 Å². The van der Waals surface area contributed by atoms with Crippen molar-refractivity contribution in [1.82, 2.24) is 9.80 Å². The summed E-state index contributed by atoms with van der Waals surface area (Å²) in [6.45, 7) is 3.85. The molecule has 0 unspecified atom stereocenters. The molecule has 1 saturated heterocycles. The molecule has 1 aliphatic rings. The summed E-state index contributed by atoms with van der Waals surface area (Å²) < 4.78 is 13.9. The van der Waals surface area contributed by atoms with E-state index in [1.165, 1.54) is 17.7 Å². The van der Waals surface area contributed by atoms with Crippen molar-refractivity contribution in [1.29, 1.82) is 0 Å². The van der Waals surface area contributed by atoms with Crippen LogP contribution in [0.2, 0.25) is 5.02 Å². The maximum Gasteiger partial charge on any atom is 0.258 e. The summed E-state index contributed by atoms with van der Waals surface area (Å²) >= 11 is 6.00. The number of benzene rings is 2. The van der Waals surface area contributed by atoms with Crippen LogP contribution in [-0.4, -0.2) is 48.4 Å². The van der Waals surface area contributed by atoms with Gasteiger partial charge in [0.05, 0.1) is 10.6 Å². The minimum absolute atomic E-state index is 0.0123. The Balaban J connectivity index is 1.48. The molecule has 0 aliphatic carbocycles. The molecule has 2 aromatic rings. The van der Waals surface area contributed by atoms with E-state index >= 15 is 0 Å². The van der Waals surface area contributed by atoms with Crippen LogP contribution in [0.4, 0.5) is 4.39 Å². The van der Waals surface area contributed by atoms with Crippen LogP contribution in [0.1, 0.15) is 22.3 Å². The van der Waals surface area contributed by atoms with Crippen LogP contribution >= 0.6 is 11.6 Å². The highest BCUT2D eigenvalue weighted by atomic mass is 35.5. The first kappa shape index (κ1) is 17.9. The highest BCUT2D eigenvalue weighted by molar-refractivity contribution is 6.33. The van der Waals surface area contributed by atoms with E-state index in [0.29, 0.717) is 13.1 Å². The van der Waals surface area contributed by atoms with Crippen molar-refractivity contribution in [2.75, 3.05) is 32.7 Å². The summed E-state index contributed by atoms with van der Waals surface area (Å²) in [4.78, 5) is 16.6. The third kappa shape index (κ3) is 4.59. The average molecular weight is 361 g/mol. The van der Waals surface area contributed by atoms with Crippen LogP contribution in [-0.2, 0) is 6.42 Å². The molecule has 0 bridgehead atoms. The van der Waals surface area contributed by atoms with Gasteiger partial charge in [-0.15, -0.1) is 0 Å². The van der Waals surface area contributed by atoms with E-state index in [2.05, 4.69) is 29.2 Å². The first-order chi connectivity index (χ1) is 12.1. The molecule has 132 valence electrons. The lowest BCUT2D eigenvalue weighted by Crippen LogP contribution is -2.49. The average Bonchev–Trinajstić information content (AvgIpc) is 2.63. The molecule has 1 amide bonds. The predicted octanol–water partition coefficient (Wildman–Crippen LogP) is 3.87. The topological polar surface area (TPSA) is 23.6 Å². The molecule has 1 fully saturated rings. The number of carbonyl (C=O) groups excluding carboxylic acids is 1. The second-order valence-electron chi connectivity index (χ2n) is 6.32. The maximum atomic E-state index is 13.9. The Morgan fingerprint density at radius 3 is 2.40 bits per heavy atom. The normalized spacial score (nSPS) is 15.4. The second-order valence-corrected chi connectivity index (χ2v) is 6.73. The van der Waals surface area contributed by atoms with Gasteiger partial charge in [-0.25, -0.2) is 4.39 Å². The molecule has 0 aromatic heterocycles. The van der Waals surface area contributed by atoms with Crippen molar-refractivity contribution in [2.24, 2.45) is 0 Å². The molecule has 5 heteroatoms. The third-order valence-corrected chi connectivity index (χ3v) is 4.93. The highest BCUT2D eigenvalue weighted by Crippen LogP contribution is 2.21. The van der Waals surface area contributed by atoms with E-state index in [1.807, 2.05) is 6.07 Å². The summed E-state index contributed by atoms with van der Waals surface area (Å²) in [5, 5.41) is 0.176. The molecule has 3 rings (SSSR count). The Morgan fingerprint density at radius 1 is 1.00 bits per heavy atom. The molecule has 0 atom stereocenters. The monoisotopic (exact) mass is 360 g/mol. The van der Waals surface area contributed by atoms with E-state index in [9.17, 15) is 9.18 Å². The first-order valence-corrected chi connectivity index (χ1v) is 9.02. The van der Waals surface area contributed by atoms with Crippen LogP contribution < -0.4 is 0 Å². The van der Waals surface area contributed by atoms with Crippen LogP contribution in [0.3, 0.4) is 0 Å². The molecule has 3 nitrogen and oxygen atoms in total. The van der Waals surface area contributed by atoms with Crippen molar-refractivity contribution in [3.05, 3.63) is 70.5 Å². The summed E-state index contributed by atoms with van der Waals surface area (Å²) in [5.74, 6) is -0.866. The van der Waals surface area contributed by atoms with Crippen molar-refractivity contribution in [3.8, 4) is 0 Å². The van der Waals surface area contributed by atoms with Crippen LogP contribution in [0.15, 0.2) is 48.5 Å². The minimum atomic E-state index is -0.553. The fourth-order valence-electron chi connectivity index (χ4n) is 3.19. The maximum absolute atomic E-state index is 13.9. The fraction of sp³-hybridized carbons (Fsp3) is 0.350. The Labute approximate surface area is 153 Å². The van der Waals surface area contributed by atoms with Gasteiger partial charge in [-0.3, -0.25) is 9.69 Å². The van der Waals surface area contributed by atoms with Crippen LogP contribution in [0, 0.1) is 5.82 Å². The van der Waals surface area contributed by atoms with Gasteiger partial charge in [0.15, 0.2) is 0 Å². The van der Waals surface area contributed by atoms with Crippen LogP contribution in [0.25, 0.3) is 0 Å². The molecule has 2 aromatic carbocycles. The standard InChI is InChI=1S/C20H22ClFN2O/c21-17-9-4-10-18(22)19(17)20(25)24-14-12-23(13-15-24)11-5-8-16-6-2-1-3-7-16/h1-4,6-7,9-10H,5,8,11-15H2. The van der Waals surface area contributed by atoms with Crippen molar-refractivity contribution >= 4 is 17.5 Å². The zero-order valence-electron chi connectivity index (χ0n) is 14.1. The molecule has 25 heavy (non-hydrogen) atoms. The lowest BCUT2D eigenvalue weighted by atomic mass is 10.1. The Kier molecular flexibility index (Phi) is 6.05. The van der Waals surface area contributed by atoms with E-state index in [0.717, 1.165) is 32.5 Å². The van der Waals surface area contributed by atoms with E-state index < -0.39 is 5.82 Å². The van der Waals surface area contributed by atoms with Crippen molar-refractivity contribution in [2.45, 2.75) is 12.8 Å². The number of amides is 1. The number of rotatable bonds is 5. The Hall–Kier alpha value is -1.91. The lowest BCUT2D eigenvalue weighted by molar-refractivity contribution is 0.0632. The van der Waals surface area contributed by atoms with Gasteiger partial charge < -0.3 is 4.90 Å². The van der Waals surface area contributed by atoms with Gasteiger partial charge in [-0.05, 0) is 37.1 Å². The summed E-state index contributed by atoms with van der Waals surface area (Å²) in [7, 11) is 0. The largest absolute Gasteiger partial charge is 0.336 e. The summed E-state index contributed by atoms with van der Waals surface area (Å²) in [6.07, 6.45) is 2.15. The molecule has 0 radical (unpaired) electrons. The summed E-state index contributed by atoms with van der Waals surface area (Å²) in [6, 6.07) is 14.8. The van der Waals surface area contributed by atoms with E-state index in [1.54, 1.807) is 11.0 Å². The van der Waals surface area contributed by atoms with Gasteiger partial charge in [-0.1, -0.05) is 48.0 Å². The molecular formula is C20H22ClFN2O. The third-order valence-electron chi connectivity index (χ3n) is 4.62. The molecule has 1 heterocycles. The number of nitrogens with zero attached hydrogens (tertiary/aromatic N) is 2. The Bertz CT molecular complexity index is 695. The van der Waals surface area contributed by atoms with Crippen molar-refractivity contribution < 1.29 is 9.18 Å². The molecule has 1 aliphatic heterocycles. The number of halogens is 2. The van der Waals surface area contributed by atoms with Gasteiger partial charge in [0.25, 0.3) is 5.91 Å². The summed E-state index contributed by atoms with van der Waals surface area (Å²) in [5.41, 5.74) is 1.34. The number of carbonyl (C=O) groups is 1. The van der Waals surface area contributed by atoms with Gasteiger partial charge in [0, 0.05) is 26.2 Å². The minimum Gasteiger partial charge on any atom is -0.336 e. The van der Waals surface area contributed by atoms with Gasteiger partial charge >= 0.3 is 0 Å². The number of hydrogen-bond donors (Lipinski definition) is 0. The predicted molar refractivity (Wildman–Crippen MR) is 98.5 cm³/mol. The number of aryl methyl sites for hydroxylation is 1. The van der Waals surface area contributed by atoms with Crippen molar-refractivity contribution in [3.63, 3.8) is 0 Å². The smallest absolute Gasteiger partial charge is 0.258 e. The van der Waals surface area contributed by atoms with E-state index in [4.69, 9.17) is 11.6 Å². The first-order valence-electron chi connectivity index (χ1n) is 8.65. The quantitative estimate of drug-likeness (QED) is 0.808. The highest BCUT2D eigenvalue weighted by Gasteiger charge is 2.25. The second kappa shape index (κ2) is 8.45. The van der Waals surface area contributed by atoms with Gasteiger partial charge in [-0.2, -0.15) is 0 Å². The number of piperazine rings is 1. The zero-order chi connectivity index (χ0) is 17.6. The fourth-order valence-corrected chi connectivity index (χ4v) is 3.43. The van der Waals surface area contributed by atoms with Gasteiger partial charge in [0.1, 0.15) is 5.82 Å². The SMILES string of the molecule is O=C(c1c(F)cccc1Cl)N1CCN(CCCc2ccccc2)CC1. The molecule has 0 N–H and O–H groups in total. The molecule has 0 spiro atoms. The van der Waals surface area contributed by atoms with Gasteiger partial charge in [0.2, 0.25) is 0 Å².